The Hall–Kier alpha value is -0.626. The second kappa shape index (κ2) is 4.57. The van der Waals surface area contributed by atoms with Crippen LogP contribution in [0, 0.1) is 0 Å². The summed E-state index contributed by atoms with van der Waals surface area (Å²) in [4.78, 5) is 0. The summed E-state index contributed by atoms with van der Waals surface area (Å²) in [6.45, 7) is 8.60. The number of ether oxygens (including phenoxy) is 1. The van der Waals surface area contributed by atoms with Gasteiger partial charge in [-0.3, -0.25) is 0 Å². The molecule has 0 radical (unpaired) electrons. The molecule has 2 rings (SSSR count). The number of benzene rings is 1. The Morgan fingerprint density at radius 1 is 1.12 bits per heavy atom. The molecule has 1 unspecified atom stereocenters. The fourth-order valence-corrected chi connectivity index (χ4v) is 5.15. The molecule has 0 N–H and O–H groups in total. The van der Waals surface area contributed by atoms with Crippen LogP contribution in [0.15, 0.2) is 41.9 Å². The summed E-state index contributed by atoms with van der Waals surface area (Å²) < 4.78 is 5.58. The van der Waals surface area contributed by atoms with Crippen LogP contribution < -0.4 is 24.0 Å². The van der Waals surface area contributed by atoms with Crippen molar-refractivity contribution in [3.05, 3.63) is 47.4 Å². The molecule has 1 atom stereocenters. The van der Waals surface area contributed by atoms with Gasteiger partial charge in [0.25, 0.3) is 0 Å². The third kappa shape index (κ3) is 1.97. The van der Waals surface area contributed by atoms with Gasteiger partial charge in [0.15, 0.2) is 0 Å². The van der Waals surface area contributed by atoms with Gasteiger partial charge in [-0.05, 0) is 18.1 Å². The van der Waals surface area contributed by atoms with Crippen LogP contribution in [0.25, 0.3) is 0 Å². The van der Waals surface area contributed by atoms with Gasteiger partial charge in [0, 0.05) is 0 Å². The Labute approximate surface area is 116 Å². The van der Waals surface area contributed by atoms with E-state index in [2.05, 4.69) is 19.6 Å². The molecule has 1 aliphatic heterocycles. The van der Waals surface area contributed by atoms with Gasteiger partial charge in [0.05, 0.1) is 19.2 Å². The molecule has 0 amide bonds. The normalized spacial score (nSPS) is 23.5. The summed E-state index contributed by atoms with van der Waals surface area (Å²) in [5.74, 6) is -0.147. The molecular weight excluding hydrogens is 223 g/mol. The van der Waals surface area contributed by atoms with Crippen LogP contribution in [-0.4, -0.2) is 8.07 Å². The zero-order valence-electron chi connectivity index (χ0n) is 11.2. The van der Waals surface area contributed by atoms with Crippen molar-refractivity contribution in [1.29, 1.82) is 0 Å². The van der Waals surface area contributed by atoms with Crippen LogP contribution in [0.3, 0.4) is 0 Å². The molecule has 1 aliphatic rings. The third-order valence-corrected chi connectivity index (χ3v) is 6.19. The van der Waals surface area contributed by atoms with E-state index in [1.807, 2.05) is 37.3 Å². The van der Waals surface area contributed by atoms with E-state index in [1.54, 1.807) is 0 Å². The van der Waals surface area contributed by atoms with Crippen LogP contribution in [0.5, 0.6) is 0 Å². The molecule has 0 aliphatic carbocycles. The van der Waals surface area contributed by atoms with E-state index in [0.717, 1.165) is 11.1 Å². The molecule has 17 heavy (non-hydrogen) atoms. The van der Waals surface area contributed by atoms with Crippen LogP contribution in [0.1, 0.15) is 12.5 Å². The average molecular weight is 240 g/mol. The summed E-state index contributed by atoms with van der Waals surface area (Å²) in [5, 5.41) is 11.0. The number of hydrogen-bond acceptors (Lipinski definition) is 2. The molecule has 1 aromatic carbocycles. The van der Waals surface area contributed by atoms with Gasteiger partial charge in [-0.15, -0.1) is 0 Å². The maximum absolute atomic E-state index is 11.4. The van der Waals surface area contributed by atoms with E-state index in [-0.39, 0.29) is 24.8 Å². The second-order valence-corrected chi connectivity index (χ2v) is 10.5. The zero-order chi connectivity index (χ0) is 12.0. The van der Waals surface area contributed by atoms with Gasteiger partial charge in [0.1, 0.15) is 0 Å². The Morgan fingerprint density at radius 3 is 2.00 bits per heavy atom. The first-order valence-electron chi connectivity index (χ1n) is 5.52. The summed E-state index contributed by atoms with van der Waals surface area (Å²) in [5.41, 5.74) is 1.98. The molecule has 1 aromatic rings. The van der Waals surface area contributed by atoms with Crippen molar-refractivity contribution in [3.63, 3.8) is 0 Å². The second-order valence-electron chi connectivity index (χ2n) is 5.31. The Bertz CT molecular complexity index is 436. The number of rotatable bonds is 2. The minimum absolute atomic E-state index is 0. The molecular formula is C13H17LiO2Si. The van der Waals surface area contributed by atoms with Crippen molar-refractivity contribution in [2.75, 3.05) is 0 Å². The molecule has 86 valence electrons. The van der Waals surface area contributed by atoms with E-state index >= 15 is 0 Å². The van der Waals surface area contributed by atoms with Crippen molar-refractivity contribution in [3.8, 4) is 0 Å². The van der Waals surface area contributed by atoms with E-state index < -0.39 is 13.3 Å². The van der Waals surface area contributed by atoms with E-state index in [0.29, 0.717) is 0 Å². The molecule has 0 spiro atoms. The minimum Gasteiger partial charge on any atom is -0.601 e. The average Bonchev–Trinajstić information content (AvgIpc) is 2.24. The fraction of sp³-hybridized carbons (Fsp3) is 0.385. The largest absolute Gasteiger partial charge is 1.00 e. The smallest absolute Gasteiger partial charge is 0.601 e. The van der Waals surface area contributed by atoms with Gasteiger partial charge in [-0.1, -0.05) is 50.0 Å². The summed E-state index contributed by atoms with van der Waals surface area (Å²) in [6.07, 6.45) is 0. The number of hydrogen-bond donors (Lipinski definition) is 0. The van der Waals surface area contributed by atoms with Crippen molar-refractivity contribution in [2.24, 2.45) is 0 Å². The van der Waals surface area contributed by atoms with Crippen molar-refractivity contribution >= 4 is 8.07 Å². The molecule has 0 fully saturated rings. The first-order valence-corrected chi connectivity index (χ1v) is 9.02. The molecule has 2 nitrogen and oxygen atoms in total. The molecule has 0 saturated carbocycles. The zero-order valence-corrected chi connectivity index (χ0v) is 12.2. The Balaban J connectivity index is 0.00000144. The van der Waals surface area contributed by atoms with Crippen molar-refractivity contribution in [1.82, 2.24) is 0 Å². The van der Waals surface area contributed by atoms with Crippen LogP contribution in [0.2, 0.25) is 19.6 Å². The van der Waals surface area contributed by atoms with Gasteiger partial charge >= 0.3 is 18.9 Å². The molecule has 0 saturated heterocycles. The summed E-state index contributed by atoms with van der Waals surface area (Å²) in [7, 11) is -1.65. The first kappa shape index (κ1) is 14.4. The van der Waals surface area contributed by atoms with Gasteiger partial charge in [-0.2, -0.15) is 0 Å². The molecule has 0 bridgehead atoms. The van der Waals surface area contributed by atoms with Crippen molar-refractivity contribution in [2.45, 2.75) is 31.8 Å². The predicted octanol–water partition coefficient (Wildman–Crippen LogP) is -0.615. The van der Waals surface area contributed by atoms with Crippen molar-refractivity contribution < 1.29 is 28.7 Å². The Morgan fingerprint density at radius 2 is 1.65 bits per heavy atom. The first-order chi connectivity index (χ1) is 7.39. The summed E-state index contributed by atoms with van der Waals surface area (Å²) in [6, 6.07) is 10.1. The maximum atomic E-state index is 11.4. The summed E-state index contributed by atoms with van der Waals surface area (Å²) >= 11 is 0. The van der Waals surface area contributed by atoms with Gasteiger partial charge in [0.2, 0.25) is 0 Å². The van der Waals surface area contributed by atoms with E-state index in [1.165, 1.54) is 0 Å². The van der Waals surface area contributed by atoms with Gasteiger partial charge in [-0.25, -0.2) is 0 Å². The quantitative estimate of drug-likeness (QED) is 0.646. The topological polar surface area (TPSA) is 32.3 Å². The van der Waals surface area contributed by atoms with E-state index in [4.69, 9.17) is 4.74 Å². The van der Waals surface area contributed by atoms with Gasteiger partial charge < -0.3 is 9.84 Å². The fourth-order valence-electron chi connectivity index (χ4n) is 2.49. The van der Waals surface area contributed by atoms with Crippen LogP contribution in [-0.2, 0) is 9.96 Å². The van der Waals surface area contributed by atoms with E-state index in [9.17, 15) is 5.11 Å². The SMILES string of the molecule is CC1=C([O-])OC1(c1ccccc1)[Si](C)(C)C.[Li+]. The monoisotopic (exact) mass is 240 g/mol. The molecule has 0 aromatic heterocycles. The standard InChI is InChI=1S/C13H18O2Si.Li/c1-10-12(14)15-13(10,16(2,3)4)11-8-6-5-7-9-11;/h5-9,14H,1-4H3;/q;+1/p-1. The van der Waals surface area contributed by atoms with Crippen LogP contribution >= 0.6 is 0 Å². The van der Waals surface area contributed by atoms with Crippen LogP contribution in [0.4, 0.5) is 0 Å². The maximum Gasteiger partial charge on any atom is 1.00 e. The Kier molecular flexibility index (Phi) is 3.88. The minimum atomic E-state index is -1.65. The molecule has 4 heteroatoms. The molecule has 1 heterocycles. The third-order valence-electron chi connectivity index (χ3n) is 3.32. The predicted molar refractivity (Wildman–Crippen MR) is 65.3 cm³/mol.